The summed E-state index contributed by atoms with van der Waals surface area (Å²) in [7, 11) is 2.08. The summed E-state index contributed by atoms with van der Waals surface area (Å²) in [5.41, 5.74) is 2.72. The fourth-order valence-corrected chi connectivity index (χ4v) is 3.64. The molecule has 0 aliphatic heterocycles. The molecule has 1 aromatic carbocycles. The minimum Gasteiger partial charge on any atom is -0.313 e. The van der Waals surface area contributed by atoms with Gasteiger partial charge < -0.3 is 5.32 Å². The molecule has 1 aromatic rings. The van der Waals surface area contributed by atoms with Crippen molar-refractivity contribution in [3.05, 3.63) is 34.3 Å². The van der Waals surface area contributed by atoms with E-state index in [1.165, 1.54) is 36.8 Å². The third-order valence-corrected chi connectivity index (χ3v) is 4.56. The van der Waals surface area contributed by atoms with E-state index in [-0.39, 0.29) is 0 Å². The van der Waals surface area contributed by atoms with Gasteiger partial charge in [-0.05, 0) is 61.9 Å². The van der Waals surface area contributed by atoms with Gasteiger partial charge in [-0.3, -0.25) is 0 Å². The molecule has 1 aliphatic rings. The van der Waals surface area contributed by atoms with Crippen LogP contribution in [0.1, 0.15) is 49.8 Å². The molecule has 1 saturated carbocycles. The van der Waals surface area contributed by atoms with E-state index in [0.717, 1.165) is 16.9 Å². The Labute approximate surface area is 116 Å². The summed E-state index contributed by atoms with van der Waals surface area (Å²) in [6.07, 6.45) is 5.45. The van der Waals surface area contributed by atoms with Gasteiger partial charge in [-0.25, -0.2) is 0 Å². The van der Waals surface area contributed by atoms with Crippen LogP contribution in [0.5, 0.6) is 0 Å². The zero-order valence-corrected chi connectivity index (χ0v) is 12.4. The van der Waals surface area contributed by atoms with E-state index in [1.807, 2.05) is 6.07 Å². The molecule has 3 unspecified atom stereocenters. The summed E-state index contributed by atoms with van der Waals surface area (Å²) in [6, 6.07) is 6.76. The van der Waals surface area contributed by atoms with Crippen molar-refractivity contribution in [3.63, 3.8) is 0 Å². The molecule has 0 aromatic heterocycles. The Morgan fingerprint density at radius 3 is 2.72 bits per heavy atom. The third-order valence-electron chi connectivity index (χ3n) is 4.33. The van der Waals surface area contributed by atoms with Gasteiger partial charge in [0.15, 0.2) is 0 Å². The maximum atomic E-state index is 6.05. The van der Waals surface area contributed by atoms with Gasteiger partial charge >= 0.3 is 0 Å². The summed E-state index contributed by atoms with van der Waals surface area (Å²) in [6.45, 7) is 4.55. The van der Waals surface area contributed by atoms with Crippen LogP contribution < -0.4 is 5.32 Å². The maximum absolute atomic E-state index is 6.05. The van der Waals surface area contributed by atoms with Crippen LogP contribution in [0.2, 0.25) is 5.02 Å². The van der Waals surface area contributed by atoms with Gasteiger partial charge in [-0.15, -0.1) is 0 Å². The summed E-state index contributed by atoms with van der Waals surface area (Å²) in [5, 5.41) is 4.36. The van der Waals surface area contributed by atoms with Crippen molar-refractivity contribution >= 4 is 11.6 Å². The molecule has 1 aliphatic carbocycles. The van der Waals surface area contributed by atoms with Gasteiger partial charge in [-0.1, -0.05) is 37.4 Å². The Hall–Kier alpha value is -0.530. The molecular formula is C16H24ClN. The number of nitrogens with one attached hydrogen (secondary N) is 1. The lowest BCUT2D eigenvalue weighted by atomic mass is 9.76. The van der Waals surface area contributed by atoms with E-state index in [1.54, 1.807) is 0 Å². The lowest BCUT2D eigenvalue weighted by Gasteiger charge is -2.34. The molecular weight excluding hydrogens is 242 g/mol. The number of hydrogen-bond donors (Lipinski definition) is 1. The highest BCUT2D eigenvalue weighted by Gasteiger charge is 2.27. The highest BCUT2D eigenvalue weighted by molar-refractivity contribution is 6.30. The second-order valence-electron chi connectivity index (χ2n) is 5.80. The second kappa shape index (κ2) is 6.08. The molecule has 1 nitrogen and oxygen atoms in total. The van der Waals surface area contributed by atoms with Crippen LogP contribution in [-0.2, 0) is 0 Å². The summed E-state index contributed by atoms with van der Waals surface area (Å²) in [4.78, 5) is 0. The van der Waals surface area contributed by atoms with Crippen molar-refractivity contribution in [2.24, 2.45) is 11.8 Å². The average Bonchev–Trinajstić information content (AvgIpc) is 2.33. The van der Waals surface area contributed by atoms with Crippen molar-refractivity contribution in [3.8, 4) is 0 Å². The number of benzene rings is 1. The lowest BCUT2D eigenvalue weighted by molar-refractivity contribution is 0.229. The SMILES string of the molecule is CNC(c1ccc(Cl)cc1C)C1CCCC(C)C1. The van der Waals surface area contributed by atoms with E-state index in [2.05, 4.69) is 38.3 Å². The third kappa shape index (κ3) is 3.07. The fraction of sp³-hybridized carbons (Fsp3) is 0.625. The monoisotopic (exact) mass is 265 g/mol. The van der Waals surface area contributed by atoms with Crippen LogP contribution >= 0.6 is 11.6 Å². The van der Waals surface area contributed by atoms with Crippen LogP contribution in [-0.4, -0.2) is 7.05 Å². The Morgan fingerprint density at radius 2 is 2.11 bits per heavy atom. The van der Waals surface area contributed by atoms with Crippen molar-refractivity contribution in [2.45, 2.75) is 45.6 Å². The van der Waals surface area contributed by atoms with Crippen molar-refractivity contribution in [1.29, 1.82) is 0 Å². The predicted molar refractivity (Wildman–Crippen MR) is 79.1 cm³/mol. The Bertz CT molecular complexity index is 402. The molecule has 1 fully saturated rings. The van der Waals surface area contributed by atoms with Gasteiger partial charge in [0.2, 0.25) is 0 Å². The molecule has 2 heteroatoms. The van der Waals surface area contributed by atoms with E-state index in [4.69, 9.17) is 11.6 Å². The molecule has 18 heavy (non-hydrogen) atoms. The Morgan fingerprint density at radius 1 is 1.33 bits per heavy atom. The highest BCUT2D eigenvalue weighted by Crippen LogP contribution is 2.38. The Balaban J connectivity index is 2.21. The van der Waals surface area contributed by atoms with Crippen LogP contribution in [0.15, 0.2) is 18.2 Å². The van der Waals surface area contributed by atoms with Gasteiger partial charge in [0.25, 0.3) is 0 Å². The standard InChI is InChI=1S/C16H24ClN/c1-11-5-4-6-13(9-11)16(18-3)15-8-7-14(17)10-12(15)2/h7-8,10-11,13,16,18H,4-6,9H2,1-3H3. The molecule has 0 radical (unpaired) electrons. The summed E-state index contributed by atoms with van der Waals surface area (Å²) < 4.78 is 0. The van der Waals surface area contributed by atoms with Crippen molar-refractivity contribution in [1.82, 2.24) is 5.32 Å². The molecule has 1 N–H and O–H groups in total. The summed E-state index contributed by atoms with van der Waals surface area (Å²) in [5.74, 6) is 1.63. The zero-order valence-electron chi connectivity index (χ0n) is 11.7. The maximum Gasteiger partial charge on any atom is 0.0408 e. The van der Waals surface area contributed by atoms with Crippen molar-refractivity contribution in [2.75, 3.05) is 7.05 Å². The topological polar surface area (TPSA) is 12.0 Å². The van der Waals surface area contributed by atoms with Crippen LogP contribution in [0.4, 0.5) is 0 Å². The van der Waals surface area contributed by atoms with Gasteiger partial charge in [0.05, 0.1) is 0 Å². The lowest BCUT2D eigenvalue weighted by Crippen LogP contribution is -2.29. The zero-order chi connectivity index (χ0) is 13.1. The molecule has 0 saturated heterocycles. The highest BCUT2D eigenvalue weighted by atomic mass is 35.5. The number of halogens is 1. The normalized spacial score (nSPS) is 26.0. The number of hydrogen-bond acceptors (Lipinski definition) is 1. The molecule has 0 spiro atoms. The van der Waals surface area contributed by atoms with E-state index >= 15 is 0 Å². The fourth-order valence-electron chi connectivity index (χ4n) is 3.42. The largest absolute Gasteiger partial charge is 0.313 e. The molecule has 0 heterocycles. The van der Waals surface area contributed by atoms with E-state index < -0.39 is 0 Å². The van der Waals surface area contributed by atoms with Gasteiger partial charge in [0, 0.05) is 11.1 Å². The first kappa shape index (κ1) is 13.9. The smallest absolute Gasteiger partial charge is 0.0408 e. The van der Waals surface area contributed by atoms with E-state index in [0.29, 0.717) is 6.04 Å². The first-order valence-electron chi connectivity index (χ1n) is 7.05. The first-order chi connectivity index (χ1) is 8.61. The number of aryl methyl sites for hydroxylation is 1. The van der Waals surface area contributed by atoms with Gasteiger partial charge in [0.1, 0.15) is 0 Å². The summed E-state index contributed by atoms with van der Waals surface area (Å²) >= 11 is 6.05. The van der Waals surface area contributed by atoms with Crippen LogP contribution in [0, 0.1) is 18.8 Å². The van der Waals surface area contributed by atoms with Crippen LogP contribution in [0.3, 0.4) is 0 Å². The molecule has 0 amide bonds. The predicted octanol–water partition coefficient (Wildman–Crippen LogP) is 4.74. The second-order valence-corrected chi connectivity index (χ2v) is 6.24. The molecule has 100 valence electrons. The minimum atomic E-state index is 0.477. The molecule has 2 rings (SSSR count). The van der Waals surface area contributed by atoms with Crippen LogP contribution in [0.25, 0.3) is 0 Å². The van der Waals surface area contributed by atoms with Crippen molar-refractivity contribution < 1.29 is 0 Å². The average molecular weight is 266 g/mol. The van der Waals surface area contributed by atoms with Gasteiger partial charge in [-0.2, -0.15) is 0 Å². The van der Waals surface area contributed by atoms with E-state index in [9.17, 15) is 0 Å². The molecule has 0 bridgehead atoms. The molecule has 3 atom stereocenters. The first-order valence-corrected chi connectivity index (χ1v) is 7.43. The quantitative estimate of drug-likeness (QED) is 0.833. The number of rotatable bonds is 3. The minimum absolute atomic E-state index is 0.477. The Kier molecular flexibility index (Phi) is 4.69.